The third-order valence-electron chi connectivity index (χ3n) is 5.50. The molecular weight excluding hydrogens is 382 g/mol. The van der Waals surface area contributed by atoms with Crippen LogP contribution in [0.2, 0.25) is 0 Å². The number of aromatic nitrogens is 2. The molecule has 1 N–H and O–H groups in total. The minimum atomic E-state index is -0.395. The summed E-state index contributed by atoms with van der Waals surface area (Å²) in [4.78, 5) is 38.7. The molecule has 0 radical (unpaired) electrons. The molecule has 0 unspecified atom stereocenters. The quantitative estimate of drug-likeness (QED) is 0.766. The van der Waals surface area contributed by atoms with Gasteiger partial charge in [0.1, 0.15) is 6.54 Å². The van der Waals surface area contributed by atoms with E-state index in [1.807, 2.05) is 24.3 Å². The van der Waals surface area contributed by atoms with Crippen molar-refractivity contribution < 1.29 is 14.4 Å². The molecule has 8 nitrogen and oxygen atoms in total. The molecule has 156 valence electrons. The van der Waals surface area contributed by atoms with Crippen molar-refractivity contribution in [2.75, 3.05) is 29.9 Å². The van der Waals surface area contributed by atoms with Crippen LogP contribution in [0.4, 0.5) is 11.5 Å². The number of nitrogens with zero attached hydrogens (tertiary/aromatic N) is 4. The smallest absolute Gasteiger partial charge is 0.244 e. The van der Waals surface area contributed by atoms with Crippen molar-refractivity contribution in [2.45, 2.75) is 38.5 Å². The zero-order valence-corrected chi connectivity index (χ0v) is 16.8. The lowest BCUT2D eigenvalue weighted by Crippen LogP contribution is -2.36. The van der Waals surface area contributed by atoms with Gasteiger partial charge in [0, 0.05) is 37.2 Å². The van der Waals surface area contributed by atoms with Gasteiger partial charge in [0.15, 0.2) is 5.82 Å². The van der Waals surface area contributed by atoms with Gasteiger partial charge in [0.25, 0.3) is 0 Å². The second-order valence-electron chi connectivity index (χ2n) is 7.68. The Morgan fingerprint density at radius 2 is 1.53 bits per heavy atom. The molecule has 0 atom stereocenters. The Morgan fingerprint density at radius 3 is 2.13 bits per heavy atom. The highest BCUT2D eigenvalue weighted by Gasteiger charge is 2.30. The van der Waals surface area contributed by atoms with Crippen molar-refractivity contribution in [2.24, 2.45) is 0 Å². The first-order chi connectivity index (χ1) is 14.6. The highest BCUT2D eigenvalue weighted by molar-refractivity contribution is 6.06. The van der Waals surface area contributed by atoms with Crippen LogP contribution in [-0.4, -0.2) is 52.5 Å². The number of likely N-dealkylation sites (tertiary alicyclic amines) is 1. The maximum absolute atomic E-state index is 12.1. The normalized spacial score (nSPS) is 17.2. The predicted molar refractivity (Wildman–Crippen MR) is 113 cm³/mol. The van der Waals surface area contributed by atoms with Crippen molar-refractivity contribution in [1.29, 1.82) is 0 Å². The van der Waals surface area contributed by atoms with Crippen molar-refractivity contribution in [3.05, 3.63) is 36.4 Å². The number of benzene rings is 1. The summed E-state index contributed by atoms with van der Waals surface area (Å²) in [5.41, 5.74) is 2.25. The number of rotatable bonds is 5. The summed E-state index contributed by atoms with van der Waals surface area (Å²) in [6.07, 6.45) is 5.29. The van der Waals surface area contributed by atoms with E-state index in [9.17, 15) is 14.4 Å². The summed E-state index contributed by atoms with van der Waals surface area (Å²) < 4.78 is 0. The van der Waals surface area contributed by atoms with E-state index in [0.717, 1.165) is 35.1 Å². The molecule has 3 amide bonds. The van der Waals surface area contributed by atoms with Gasteiger partial charge < -0.3 is 10.2 Å². The van der Waals surface area contributed by atoms with Crippen molar-refractivity contribution in [1.82, 2.24) is 15.1 Å². The van der Waals surface area contributed by atoms with Crippen molar-refractivity contribution in [3.8, 4) is 11.3 Å². The molecule has 2 aliphatic heterocycles. The molecule has 0 aliphatic carbocycles. The molecule has 1 aromatic heterocycles. The summed E-state index contributed by atoms with van der Waals surface area (Å²) >= 11 is 0. The molecule has 2 saturated heterocycles. The van der Waals surface area contributed by atoms with Gasteiger partial charge in [-0.15, -0.1) is 10.2 Å². The number of hydrogen-bond acceptors (Lipinski definition) is 6. The number of anilines is 2. The molecule has 0 saturated carbocycles. The Kier molecular flexibility index (Phi) is 6.02. The fourth-order valence-electron chi connectivity index (χ4n) is 3.82. The molecule has 1 aromatic carbocycles. The van der Waals surface area contributed by atoms with Crippen LogP contribution in [-0.2, 0) is 14.4 Å². The Hall–Kier alpha value is -3.29. The third kappa shape index (κ3) is 4.64. The lowest BCUT2D eigenvalue weighted by atomic mass is 10.1. The molecule has 3 heterocycles. The van der Waals surface area contributed by atoms with Gasteiger partial charge in [-0.1, -0.05) is 25.0 Å². The molecule has 0 spiro atoms. The Labute approximate surface area is 175 Å². The molecule has 0 bridgehead atoms. The predicted octanol–water partition coefficient (Wildman–Crippen LogP) is 2.61. The molecule has 2 aliphatic rings. The third-order valence-corrected chi connectivity index (χ3v) is 5.50. The monoisotopic (exact) mass is 407 g/mol. The highest BCUT2D eigenvalue weighted by atomic mass is 16.2. The Balaban J connectivity index is 1.36. The molecule has 30 heavy (non-hydrogen) atoms. The van der Waals surface area contributed by atoms with Crippen molar-refractivity contribution in [3.63, 3.8) is 0 Å². The van der Waals surface area contributed by atoms with Gasteiger partial charge in [-0.3, -0.25) is 19.3 Å². The SMILES string of the molecule is O=C(CN1C(=O)CCC1=O)Nc1ccc(-c2ccc(N3CCCCCC3)nn2)cc1. The zero-order valence-electron chi connectivity index (χ0n) is 16.8. The number of amides is 3. The number of carbonyl (C=O) groups is 3. The second kappa shape index (κ2) is 9.02. The number of imide groups is 1. The van der Waals surface area contributed by atoms with Crippen LogP contribution in [0.1, 0.15) is 38.5 Å². The van der Waals surface area contributed by atoms with Crippen molar-refractivity contribution >= 4 is 29.2 Å². The fourth-order valence-corrected chi connectivity index (χ4v) is 3.82. The standard InChI is InChI=1S/C22H25N5O3/c28-20(15-27-21(29)11-12-22(27)30)23-17-7-5-16(6-8-17)18-9-10-19(25-24-18)26-13-3-1-2-4-14-26/h5-10H,1-4,11-15H2,(H,23,28). The average molecular weight is 407 g/mol. The molecule has 8 heteroatoms. The van der Waals surface area contributed by atoms with Gasteiger partial charge in [0.05, 0.1) is 5.69 Å². The van der Waals surface area contributed by atoms with E-state index in [-0.39, 0.29) is 31.2 Å². The topological polar surface area (TPSA) is 95.5 Å². The van der Waals surface area contributed by atoms with Crippen LogP contribution in [0.3, 0.4) is 0 Å². The first-order valence-corrected chi connectivity index (χ1v) is 10.4. The van der Waals surface area contributed by atoms with Gasteiger partial charge in [-0.05, 0) is 37.1 Å². The molecular formula is C22H25N5O3. The maximum Gasteiger partial charge on any atom is 0.244 e. The lowest BCUT2D eigenvalue weighted by Gasteiger charge is -2.20. The van der Waals surface area contributed by atoms with Gasteiger partial charge in [-0.25, -0.2) is 0 Å². The minimum Gasteiger partial charge on any atom is -0.355 e. The van der Waals surface area contributed by atoms with Crippen LogP contribution >= 0.6 is 0 Å². The van der Waals surface area contributed by atoms with E-state index in [2.05, 4.69) is 20.4 Å². The number of hydrogen-bond donors (Lipinski definition) is 1. The first-order valence-electron chi connectivity index (χ1n) is 10.4. The lowest BCUT2D eigenvalue weighted by molar-refractivity contribution is -0.141. The maximum atomic E-state index is 12.1. The molecule has 2 fully saturated rings. The highest BCUT2D eigenvalue weighted by Crippen LogP contribution is 2.22. The van der Waals surface area contributed by atoms with Gasteiger partial charge in [-0.2, -0.15) is 0 Å². The summed E-state index contributed by atoms with van der Waals surface area (Å²) in [5, 5.41) is 11.5. The van der Waals surface area contributed by atoms with E-state index in [1.165, 1.54) is 25.7 Å². The van der Waals surface area contributed by atoms with E-state index in [4.69, 9.17) is 0 Å². The minimum absolute atomic E-state index is 0.179. The van der Waals surface area contributed by atoms with Gasteiger partial charge in [0.2, 0.25) is 17.7 Å². The van der Waals surface area contributed by atoms with Crippen LogP contribution in [0.25, 0.3) is 11.3 Å². The van der Waals surface area contributed by atoms with Crippen LogP contribution in [0, 0.1) is 0 Å². The van der Waals surface area contributed by atoms with E-state index < -0.39 is 5.91 Å². The van der Waals surface area contributed by atoms with E-state index in [0.29, 0.717) is 5.69 Å². The van der Waals surface area contributed by atoms with Crippen LogP contribution in [0.15, 0.2) is 36.4 Å². The Morgan fingerprint density at radius 1 is 0.867 bits per heavy atom. The Bertz CT molecular complexity index is 903. The van der Waals surface area contributed by atoms with E-state index in [1.54, 1.807) is 12.1 Å². The summed E-state index contributed by atoms with van der Waals surface area (Å²) in [6, 6.07) is 11.2. The summed E-state index contributed by atoms with van der Waals surface area (Å²) in [7, 11) is 0. The van der Waals surface area contributed by atoms with Crippen LogP contribution in [0.5, 0.6) is 0 Å². The van der Waals surface area contributed by atoms with Gasteiger partial charge >= 0.3 is 0 Å². The summed E-state index contributed by atoms with van der Waals surface area (Å²) in [6.45, 7) is 1.80. The molecule has 2 aromatic rings. The first kappa shape index (κ1) is 20.0. The average Bonchev–Trinajstić information content (AvgIpc) is 2.96. The van der Waals surface area contributed by atoms with E-state index >= 15 is 0 Å². The number of nitrogens with one attached hydrogen (secondary N) is 1. The van der Waals surface area contributed by atoms with Crippen LogP contribution < -0.4 is 10.2 Å². The zero-order chi connectivity index (χ0) is 20.9. The molecule has 4 rings (SSSR count). The fraction of sp³-hybridized carbons (Fsp3) is 0.409. The largest absolute Gasteiger partial charge is 0.355 e. The number of carbonyl (C=O) groups excluding carboxylic acids is 3. The summed E-state index contributed by atoms with van der Waals surface area (Å²) in [5.74, 6) is -0.0797. The second-order valence-corrected chi connectivity index (χ2v) is 7.68.